The number of fused-ring (bicyclic) bond motifs is 12. The number of rotatable bonds is 0. The molecule has 9 rings (SSSR count). The van der Waals surface area contributed by atoms with Crippen LogP contribution in [0.25, 0.3) is 76.2 Å². The fourth-order valence-electron chi connectivity index (χ4n) is 6.77. The molecule has 0 atom stereocenters. The summed E-state index contributed by atoms with van der Waals surface area (Å²) in [5.41, 5.74) is 7.32. The molecular formula is C36H22N2. The van der Waals surface area contributed by atoms with Crippen LogP contribution in [0.4, 0.5) is 0 Å². The lowest BCUT2D eigenvalue weighted by Crippen LogP contribution is -1.93. The van der Waals surface area contributed by atoms with Gasteiger partial charge in [-0.1, -0.05) is 109 Å². The van der Waals surface area contributed by atoms with Crippen LogP contribution >= 0.6 is 0 Å². The monoisotopic (exact) mass is 482 g/mol. The van der Waals surface area contributed by atoms with Crippen molar-refractivity contribution in [2.24, 2.45) is 0 Å². The van der Waals surface area contributed by atoms with Crippen LogP contribution in [0.2, 0.25) is 0 Å². The minimum Gasteiger partial charge on any atom is -0.307 e. The van der Waals surface area contributed by atoms with Gasteiger partial charge in [0.25, 0.3) is 0 Å². The normalized spacial score (nSPS) is 12.2. The molecule has 0 aliphatic rings. The zero-order valence-electron chi connectivity index (χ0n) is 20.6. The van der Waals surface area contributed by atoms with Crippen molar-refractivity contribution in [2.45, 2.75) is 0 Å². The third kappa shape index (κ3) is 2.42. The molecule has 6 aromatic carbocycles. The predicted molar refractivity (Wildman–Crippen MR) is 162 cm³/mol. The largest absolute Gasteiger partial charge is 0.307 e. The molecule has 9 aromatic rings. The molecule has 0 aliphatic heterocycles. The Morgan fingerprint density at radius 1 is 0.237 bits per heavy atom. The molecule has 0 aliphatic carbocycles. The van der Waals surface area contributed by atoms with Crippen LogP contribution in [0.3, 0.4) is 0 Å². The lowest BCUT2D eigenvalue weighted by Gasteiger charge is -2.10. The van der Waals surface area contributed by atoms with Crippen molar-refractivity contribution in [1.29, 1.82) is 0 Å². The SMILES string of the molecule is c1ccc2c(c1)c1cccc3c4ccccc4n(c4ccccc4n4c5ccccc5c5cccc2c54)c13. The number of hydrogen-bond donors (Lipinski definition) is 0. The van der Waals surface area contributed by atoms with E-state index in [2.05, 4.69) is 142 Å². The minimum atomic E-state index is 1.18. The Morgan fingerprint density at radius 2 is 0.526 bits per heavy atom. The molecule has 176 valence electrons. The summed E-state index contributed by atoms with van der Waals surface area (Å²) in [6.07, 6.45) is 0. The third-order valence-electron chi connectivity index (χ3n) is 8.26. The van der Waals surface area contributed by atoms with E-state index in [4.69, 9.17) is 0 Å². The summed E-state index contributed by atoms with van der Waals surface area (Å²) in [6.45, 7) is 0. The highest BCUT2D eigenvalue weighted by molar-refractivity contribution is 6.25. The summed E-state index contributed by atoms with van der Waals surface area (Å²) < 4.78 is 4.97. The van der Waals surface area contributed by atoms with Crippen molar-refractivity contribution in [3.8, 4) is 0 Å². The Labute approximate surface area is 218 Å². The number of para-hydroxylation sites is 6. The van der Waals surface area contributed by atoms with Gasteiger partial charge < -0.3 is 8.80 Å². The average Bonchev–Trinajstić information content (AvgIpc) is 3.50. The number of aromatic nitrogens is 2. The van der Waals surface area contributed by atoms with Crippen LogP contribution < -0.4 is 0 Å². The maximum absolute atomic E-state index is 2.49. The van der Waals surface area contributed by atoms with Gasteiger partial charge >= 0.3 is 0 Å². The van der Waals surface area contributed by atoms with Crippen LogP contribution in [0.1, 0.15) is 0 Å². The highest BCUT2D eigenvalue weighted by Gasteiger charge is 2.17. The van der Waals surface area contributed by atoms with Gasteiger partial charge in [0, 0.05) is 32.3 Å². The molecular weight excluding hydrogens is 460 g/mol. The van der Waals surface area contributed by atoms with Crippen molar-refractivity contribution in [1.82, 2.24) is 8.80 Å². The van der Waals surface area contributed by atoms with Crippen molar-refractivity contribution < 1.29 is 0 Å². The van der Waals surface area contributed by atoms with E-state index < -0.39 is 0 Å². The second kappa shape index (κ2) is 7.24. The first kappa shape index (κ1) is 20.0. The summed E-state index contributed by atoms with van der Waals surface area (Å²) in [5.74, 6) is 0. The van der Waals surface area contributed by atoms with Crippen molar-refractivity contribution >= 4 is 76.2 Å². The summed E-state index contributed by atoms with van der Waals surface area (Å²) >= 11 is 0. The van der Waals surface area contributed by atoms with Gasteiger partial charge in [0.15, 0.2) is 0 Å². The van der Waals surface area contributed by atoms with Crippen LogP contribution in [-0.2, 0) is 0 Å². The van der Waals surface area contributed by atoms with Crippen molar-refractivity contribution in [3.05, 3.63) is 133 Å². The molecule has 0 fully saturated rings. The van der Waals surface area contributed by atoms with E-state index in [1.54, 1.807) is 0 Å². The smallest absolute Gasteiger partial charge is 0.0703 e. The van der Waals surface area contributed by atoms with Gasteiger partial charge in [0.1, 0.15) is 0 Å². The van der Waals surface area contributed by atoms with E-state index in [0.717, 1.165) is 0 Å². The van der Waals surface area contributed by atoms with Gasteiger partial charge in [-0.05, 0) is 35.0 Å². The number of benzene rings is 6. The van der Waals surface area contributed by atoms with Crippen molar-refractivity contribution in [2.75, 3.05) is 0 Å². The first-order valence-corrected chi connectivity index (χ1v) is 13.1. The third-order valence-corrected chi connectivity index (χ3v) is 8.26. The maximum atomic E-state index is 2.49. The van der Waals surface area contributed by atoms with Crippen LogP contribution in [-0.4, -0.2) is 8.80 Å². The molecule has 0 unspecified atom stereocenters. The van der Waals surface area contributed by atoms with Gasteiger partial charge in [0.05, 0.1) is 33.1 Å². The topological polar surface area (TPSA) is 8.82 Å². The molecule has 0 radical (unpaired) electrons. The average molecular weight is 483 g/mol. The summed E-state index contributed by atoms with van der Waals surface area (Å²) in [6, 6.07) is 48.9. The highest BCUT2D eigenvalue weighted by atomic mass is 15.0. The van der Waals surface area contributed by atoms with E-state index in [-0.39, 0.29) is 0 Å². The molecule has 38 heavy (non-hydrogen) atoms. The fourth-order valence-corrected chi connectivity index (χ4v) is 6.77. The molecule has 0 bridgehead atoms. The zero-order chi connectivity index (χ0) is 24.8. The lowest BCUT2D eigenvalue weighted by molar-refractivity contribution is 1.30. The van der Waals surface area contributed by atoms with E-state index in [0.29, 0.717) is 0 Å². The molecule has 2 nitrogen and oxygen atoms in total. The quantitative estimate of drug-likeness (QED) is 0.203. The summed E-state index contributed by atoms with van der Waals surface area (Å²) in [4.78, 5) is 0. The van der Waals surface area contributed by atoms with Crippen LogP contribution in [0.15, 0.2) is 133 Å². The molecule has 0 saturated carbocycles. The van der Waals surface area contributed by atoms with Gasteiger partial charge in [-0.2, -0.15) is 0 Å². The molecule has 3 heterocycles. The first-order valence-electron chi connectivity index (χ1n) is 13.1. The van der Waals surface area contributed by atoms with Gasteiger partial charge in [0.2, 0.25) is 0 Å². The van der Waals surface area contributed by atoms with E-state index in [1.807, 2.05) is 0 Å². The van der Waals surface area contributed by atoms with E-state index >= 15 is 0 Å². The second-order valence-electron chi connectivity index (χ2n) is 10.1. The molecule has 2 heteroatoms. The van der Waals surface area contributed by atoms with Crippen LogP contribution in [0.5, 0.6) is 0 Å². The second-order valence-corrected chi connectivity index (χ2v) is 10.1. The standard InChI is InChI=1S/C36H22N2/c1-2-12-24-23(11-1)27-15-9-17-29-25-13-3-5-19-31(25)37(35(27)29)33-21-7-8-22-34(33)38-32-20-6-4-14-26(32)30-18-10-16-28(24)36(30)38/h1-22H. The lowest BCUT2D eigenvalue weighted by atomic mass is 10.0. The summed E-state index contributed by atoms with van der Waals surface area (Å²) in [5, 5.41) is 10.1. The van der Waals surface area contributed by atoms with Crippen LogP contribution in [0, 0.1) is 0 Å². The van der Waals surface area contributed by atoms with Gasteiger partial charge in [-0.15, -0.1) is 0 Å². The first-order chi connectivity index (χ1) is 18.9. The Morgan fingerprint density at radius 3 is 0.947 bits per heavy atom. The molecule has 0 amide bonds. The molecule has 0 N–H and O–H groups in total. The highest BCUT2D eigenvalue weighted by Crippen LogP contribution is 2.39. The Bertz CT molecular complexity index is 2280. The summed E-state index contributed by atoms with van der Waals surface area (Å²) in [7, 11) is 0. The van der Waals surface area contributed by atoms with Gasteiger partial charge in [-0.25, -0.2) is 0 Å². The zero-order valence-corrected chi connectivity index (χ0v) is 20.6. The molecule has 3 aromatic heterocycles. The Kier molecular flexibility index (Phi) is 3.82. The Hall–Kier alpha value is -5.08. The molecule has 0 spiro atoms. The van der Waals surface area contributed by atoms with Gasteiger partial charge in [-0.3, -0.25) is 0 Å². The predicted octanol–water partition coefficient (Wildman–Crippen LogP) is 9.67. The number of hydrogen-bond acceptors (Lipinski definition) is 0. The molecule has 0 saturated heterocycles. The Balaban J connectivity index is 1.82. The van der Waals surface area contributed by atoms with Crippen molar-refractivity contribution in [3.63, 3.8) is 0 Å². The van der Waals surface area contributed by atoms with E-state index in [1.165, 1.54) is 76.2 Å². The fraction of sp³-hybridized carbons (Fsp3) is 0. The van der Waals surface area contributed by atoms with E-state index in [9.17, 15) is 0 Å². The number of nitrogens with zero attached hydrogens (tertiary/aromatic N) is 2. The minimum absolute atomic E-state index is 1.18. The maximum Gasteiger partial charge on any atom is 0.0703 e.